The normalized spacial score (nSPS) is 10.7. The Labute approximate surface area is 152 Å². The van der Waals surface area contributed by atoms with E-state index in [0.717, 1.165) is 11.1 Å². The Bertz CT molecular complexity index is 928. The van der Waals surface area contributed by atoms with Crippen LogP contribution in [0.25, 0.3) is 6.08 Å². The molecule has 4 heteroatoms. The number of aryl methyl sites for hydroxylation is 1. The molecule has 3 aromatic rings. The Morgan fingerprint density at radius 3 is 2.27 bits per heavy atom. The summed E-state index contributed by atoms with van der Waals surface area (Å²) in [5, 5.41) is 2.83. The van der Waals surface area contributed by atoms with Gasteiger partial charge in [0, 0.05) is 29.2 Å². The number of allylic oxidation sites excluding steroid dienone is 1. The van der Waals surface area contributed by atoms with E-state index in [-0.39, 0.29) is 11.7 Å². The molecular weight excluding hydrogens is 324 g/mol. The van der Waals surface area contributed by atoms with Crippen LogP contribution in [0.2, 0.25) is 0 Å². The predicted molar refractivity (Wildman–Crippen MR) is 103 cm³/mol. The first-order valence-corrected chi connectivity index (χ1v) is 8.22. The van der Waals surface area contributed by atoms with Gasteiger partial charge in [-0.1, -0.05) is 23.8 Å². The molecule has 0 bridgehead atoms. The molecule has 26 heavy (non-hydrogen) atoms. The Morgan fingerprint density at radius 1 is 0.923 bits per heavy atom. The molecule has 1 N–H and O–H groups in total. The highest BCUT2D eigenvalue weighted by atomic mass is 16.1. The van der Waals surface area contributed by atoms with Crippen LogP contribution in [0, 0.1) is 6.92 Å². The minimum Gasteiger partial charge on any atom is -0.322 e. The van der Waals surface area contributed by atoms with E-state index in [4.69, 9.17) is 0 Å². The van der Waals surface area contributed by atoms with Crippen LogP contribution in [0.3, 0.4) is 0 Å². The van der Waals surface area contributed by atoms with E-state index in [2.05, 4.69) is 10.3 Å². The van der Waals surface area contributed by atoms with Crippen LogP contribution in [-0.4, -0.2) is 16.7 Å². The maximum atomic E-state index is 12.2. The molecule has 2 aromatic carbocycles. The summed E-state index contributed by atoms with van der Waals surface area (Å²) in [5.41, 5.74) is 3.75. The summed E-state index contributed by atoms with van der Waals surface area (Å²) in [6, 6.07) is 17.9. The molecule has 1 aromatic heterocycles. The van der Waals surface area contributed by atoms with Gasteiger partial charge in [0.2, 0.25) is 0 Å². The molecule has 1 heterocycles. The molecule has 0 aliphatic carbocycles. The molecule has 0 saturated heterocycles. The number of aromatic nitrogens is 1. The molecule has 0 aliphatic rings. The van der Waals surface area contributed by atoms with Gasteiger partial charge in [0.05, 0.1) is 0 Å². The van der Waals surface area contributed by atoms with Gasteiger partial charge in [-0.15, -0.1) is 0 Å². The lowest BCUT2D eigenvalue weighted by atomic mass is 10.1. The lowest BCUT2D eigenvalue weighted by Gasteiger charge is -2.06. The first-order chi connectivity index (χ1) is 12.6. The van der Waals surface area contributed by atoms with E-state index < -0.39 is 0 Å². The number of benzene rings is 2. The van der Waals surface area contributed by atoms with Crippen molar-refractivity contribution in [3.8, 4) is 0 Å². The number of nitrogens with one attached hydrogen (secondary N) is 1. The highest BCUT2D eigenvalue weighted by molar-refractivity contribution is 6.07. The van der Waals surface area contributed by atoms with Crippen molar-refractivity contribution in [3.63, 3.8) is 0 Å². The number of nitrogens with zero attached hydrogens (tertiary/aromatic N) is 1. The van der Waals surface area contributed by atoms with Crippen LogP contribution in [0.1, 0.15) is 31.8 Å². The number of ketones is 1. The SMILES string of the molecule is Cc1ccc(C(=O)Nc2ccc(C(=O)C=Cc3cccnc3)cc2)cc1. The van der Waals surface area contributed by atoms with Crippen molar-refractivity contribution in [1.29, 1.82) is 0 Å². The Morgan fingerprint density at radius 2 is 1.62 bits per heavy atom. The average molecular weight is 342 g/mol. The van der Waals surface area contributed by atoms with E-state index in [1.807, 2.05) is 31.2 Å². The molecule has 3 rings (SSSR count). The smallest absolute Gasteiger partial charge is 0.255 e. The zero-order valence-corrected chi connectivity index (χ0v) is 14.3. The number of carbonyl (C=O) groups is 2. The zero-order chi connectivity index (χ0) is 18.4. The lowest BCUT2D eigenvalue weighted by Crippen LogP contribution is -2.11. The van der Waals surface area contributed by atoms with E-state index in [9.17, 15) is 9.59 Å². The van der Waals surface area contributed by atoms with Gasteiger partial charge in [-0.25, -0.2) is 0 Å². The van der Waals surface area contributed by atoms with Gasteiger partial charge < -0.3 is 5.32 Å². The summed E-state index contributed by atoms with van der Waals surface area (Å²) in [4.78, 5) is 28.4. The third-order valence-corrected chi connectivity index (χ3v) is 3.85. The summed E-state index contributed by atoms with van der Waals surface area (Å²) < 4.78 is 0. The number of amides is 1. The third kappa shape index (κ3) is 4.51. The van der Waals surface area contributed by atoms with Crippen molar-refractivity contribution in [2.45, 2.75) is 6.92 Å². The predicted octanol–water partition coefficient (Wildman–Crippen LogP) is 4.54. The summed E-state index contributed by atoms with van der Waals surface area (Å²) in [5.74, 6) is -0.286. The van der Waals surface area contributed by atoms with Crippen molar-refractivity contribution in [2.75, 3.05) is 5.32 Å². The molecule has 1 amide bonds. The number of hydrogen-bond acceptors (Lipinski definition) is 3. The molecule has 0 saturated carbocycles. The van der Waals surface area contributed by atoms with Crippen molar-refractivity contribution in [3.05, 3.63) is 101 Å². The van der Waals surface area contributed by atoms with E-state index in [1.165, 1.54) is 6.08 Å². The van der Waals surface area contributed by atoms with Crippen LogP contribution >= 0.6 is 0 Å². The number of hydrogen-bond donors (Lipinski definition) is 1. The number of rotatable bonds is 5. The second kappa shape index (κ2) is 8.03. The van der Waals surface area contributed by atoms with Crippen molar-refractivity contribution in [1.82, 2.24) is 4.98 Å². The van der Waals surface area contributed by atoms with Crippen LogP contribution in [0.15, 0.2) is 79.1 Å². The molecular formula is C22H18N2O2. The van der Waals surface area contributed by atoms with Crippen molar-refractivity contribution >= 4 is 23.5 Å². The van der Waals surface area contributed by atoms with Gasteiger partial charge in [0.25, 0.3) is 5.91 Å². The minimum atomic E-state index is -0.180. The second-order valence-electron chi connectivity index (χ2n) is 5.88. The van der Waals surface area contributed by atoms with E-state index >= 15 is 0 Å². The van der Waals surface area contributed by atoms with Gasteiger partial charge in [-0.05, 0) is 67.1 Å². The number of pyridine rings is 1. The van der Waals surface area contributed by atoms with Crippen LogP contribution < -0.4 is 5.32 Å². The summed E-state index contributed by atoms with van der Waals surface area (Å²) >= 11 is 0. The van der Waals surface area contributed by atoms with Gasteiger partial charge in [0.15, 0.2) is 5.78 Å². The fourth-order valence-corrected chi connectivity index (χ4v) is 2.37. The maximum absolute atomic E-state index is 12.2. The quantitative estimate of drug-likeness (QED) is 0.547. The average Bonchev–Trinajstić information content (AvgIpc) is 2.68. The minimum absolute atomic E-state index is 0.106. The van der Waals surface area contributed by atoms with E-state index in [0.29, 0.717) is 16.8 Å². The van der Waals surface area contributed by atoms with Gasteiger partial charge in [-0.3, -0.25) is 14.6 Å². The number of anilines is 1. The summed E-state index contributed by atoms with van der Waals surface area (Å²) in [6.45, 7) is 1.97. The van der Waals surface area contributed by atoms with Crippen molar-refractivity contribution in [2.24, 2.45) is 0 Å². The second-order valence-corrected chi connectivity index (χ2v) is 5.88. The Kier molecular flexibility index (Phi) is 5.34. The van der Waals surface area contributed by atoms with Gasteiger partial charge in [-0.2, -0.15) is 0 Å². The summed E-state index contributed by atoms with van der Waals surface area (Å²) in [7, 11) is 0. The molecule has 0 aliphatic heterocycles. The van der Waals surface area contributed by atoms with E-state index in [1.54, 1.807) is 54.9 Å². The fourth-order valence-electron chi connectivity index (χ4n) is 2.37. The lowest BCUT2D eigenvalue weighted by molar-refractivity contribution is 0.102. The highest BCUT2D eigenvalue weighted by Crippen LogP contribution is 2.13. The third-order valence-electron chi connectivity index (χ3n) is 3.85. The molecule has 0 unspecified atom stereocenters. The first kappa shape index (κ1) is 17.3. The van der Waals surface area contributed by atoms with Crippen LogP contribution in [-0.2, 0) is 0 Å². The molecule has 0 radical (unpaired) electrons. The molecule has 0 spiro atoms. The molecule has 0 atom stereocenters. The van der Waals surface area contributed by atoms with Gasteiger partial charge in [0.1, 0.15) is 0 Å². The van der Waals surface area contributed by atoms with Crippen LogP contribution in [0.4, 0.5) is 5.69 Å². The molecule has 0 fully saturated rings. The largest absolute Gasteiger partial charge is 0.322 e. The monoisotopic (exact) mass is 342 g/mol. The van der Waals surface area contributed by atoms with Gasteiger partial charge >= 0.3 is 0 Å². The Balaban J connectivity index is 1.64. The first-order valence-electron chi connectivity index (χ1n) is 8.22. The molecule has 128 valence electrons. The van der Waals surface area contributed by atoms with Crippen molar-refractivity contribution < 1.29 is 9.59 Å². The molecule has 4 nitrogen and oxygen atoms in total. The highest BCUT2D eigenvalue weighted by Gasteiger charge is 2.07. The standard InChI is InChI=1S/C22H18N2O2/c1-16-4-7-19(8-5-16)22(26)24-20-11-9-18(10-12-20)21(25)13-6-17-3-2-14-23-15-17/h2-15H,1H3,(H,24,26). The Hall–Kier alpha value is -3.53. The topological polar surface area (TPSA) is 59.1 Å². The maximum Gasteiger partial charge on any atom is 0.255 e. The number of carbonyl (C=O) groups excluding carboxylic acids is 2. The zero-order valence-electron chi connectivity index (χ0n) is 14.3. The van der Waals surface area contributed by atoms with Crippen LogP contribution in [0.5, 0.6) is 0 Å². The fraction of sp³-hybridized carbons (Fsp3) is 0.0455. The summed E-state index contributed by atoms with van der Waals surface area (Å²) in [6.07, 6.45) is 6.61.